The highest BCUT2D eigenvalue weighted by atomic mass is 16.5. The van der Waals surface area contributed by atoms with Crippen LogP contribution in [0, 0.1) is 0 Å². The van der Waals surface area contributed by atoms with Gasteiger partial charge in [-0.05, 0) is 20.9 Å². The minimum absolute atomic E-state index is 0.176. The first-order valence-electron chi connectivity index (χ1n) is 4.69. The molecule has 0 aromatic heterocycles. The van der Waals surface area contributed by atoms with Crippen LogP contribution in [0.25, 0.3) is 0 Å². The largest absolute Gasteiger partial charge is 0.478 e. The van der Waals surface area contributed by atoms with Crippen molar-refractivity contribution in [3.8, 4) is 0 Å². The molecule has 0 radical (unpaired) electrons. The summed E-state index contributed by atoms with van der Waals surface area (Å²) >= 11 is 0. The van der Waals surface area contributed by atoms with E-state index in [2.05, 4.69) is 18.5 Å². The molecular weight excluding hydrogens is 210 g/mol. The predicted molar refractivity (Wildman–Crippen MR) is 62.1 cm³/mol. The number of likely N-dealkylation sites (N-methyl/N-ethyl adjacent to an activating group) is 1. The van der Waals surface area contributed by atoms with Gasteiger partial charge in [0.25, 0.3) is 0 Å². The van der Waals surface area contributed by atoms with E-state index in [4.69, 9.17) is 9.84 Å². The van der Waals surface area contributed by atoms with Crippen LogP contribution in [0.4, 0.5) is 0 Å². The van der Waals surface area contributed by atoms with Gasteiger partial charge in [0.05, 0.1) is 0 Å². The van der Waals surface area contributed by atoms with Crippen molar-refractivity contribution in [1.82, 2.24) is 5.32 Å². The van der Waals surface area contributed by atoms with Gasteiger partial charge in [-0.1, -0.05) is 13.2 Å². The minimum Gasteiger partial charge on any atom is -0.478 e. The Morgan fingerprint density at radius 1 is 1.25 bits per heavy atom. The number of carboxylic acids is 1. The van der Waals surface area contributed by atoms with Crippen LogP contribution in [0.2, 0.25) is 0 Å². The van der Waals surface area contributed by atoms with E-state index in [1.807, 2.05) is 0 Å². The van der Waals surface area contributed by atoms with Gasteiger partial charge in [-0.3, -0.25) is 0 Å². The van der Waals surface area contributed by atoms with Gasteiger partial charge in [0.15, 0.2) is 0 Å². The molecule has 0 atom stereocenters. The summed E-state index contributed by atoms with van der Waals surface area (Å²) in [6.07, 6.45) is 0. The van der Waals surface area contributed by atoms with Gasteiger partial charge < -0.3 is 15.2 Å². The molecule has 5 nitrogen and oxygen atoms in total. The normalized spacial score (nSPS) is 8.44. The van der Waals surface area contributed by atoms with E-state index in [1.54, 1.807) is 14.0 Å². The number of rotatable bonds is 5. The van der Waals surface area contributed by atoms with Crippen molar-refractivity contribution < 1.29 is 19.4 Å². The number of ether oxygens (including phenoxy) is 1. The highest BCUT2D eigenvalue weighted by Crippen LogP contribution is 1.89. The first-order chi connectivity index (χ1) is 7.32. The number of hydrogen-bond donors (Lipinski definition) is 2. The van der Waals surface area contributed by atoms with E-state index in [-0.39, 0.29) is 11.5 Å². The monoisotopic (exact) mass is 229 g/mol. The third-order valence-electron chi connectivity index (χ3n) is 1.30. The Hall–Kier alpha value is -1.62. The van der Waals surface area contributed by atoms with Crippen LogP contribution in [0.3, 0.4) is 0 Å². The van der Waals surface area contributed by atoms with Crippen molar-refractivity contribution in [1.29, 1.82) is 0 Å². The molecule has 0 heterocycles. The molecular formula is C11H19NO4. The molecule has 0 fully saturated rings. The number of aliphatic carboxylic acids is 1. The summed E-state index contributed by atoms with van der Waals surface area (Å²) in [5, 5.41) is 10.7. The molecule has 0 aliphatic rings. The van der Waals surface area contributed by atoms with Gasteiger partial charge in [0, 0.05) is 17.7 Å². The fourth-order valence-electron chi connectivity index (χ4n) is 0.369. The molecule has 0 aromatic rings. The smallest absolute Gasteiger partial charge is 0.333 e. The number of nitrogens with one attached hydrogen (secondary N) is 1. The fraction of sp³-hybridized carbons (Fsp3) is 0.455. The van der Waals surface area contributed by atoms with Crippen LogP contribution in [-0.4, -0.2) is 37.2 Å². The van der Waals surface area contributed by atoms with Crippen molar-refractivity contribution in [3.63, 3.8) is 0 Å². The van der Waals surface area contributed by atoms with Gasteiger partial charge in [-0.25, -0.2) is 9.59 Å². The maximum Gasteiger partial charge on any atom is 0.333 e. The molecule has 0 spiro atoms. The second-order valence-corrected chi connectivity index (χ2v) is 3.11. The van der Waals surface area contributed by atoms with Crippen LogP contribution >= 0.6 is 0 Å². The molecule has 2 N–H and O–H groups in total. The van der Waals surface area contributed by atoms with Crippen LogP contribution in [0.1, 0.15) is 13.8 Å². The van der Waals surface area contributed by atoms with Crippen LogP contribution in [0.15, 0.2) is 24.3 Å². The van der Waals surface area contributed by atoms with E-state index in [0.29, 0.717) is 18.7 Å². The standard InChI is InChI=1S/C7H13NO2.C4H6O2/c1-6(2)7(9)10-5-4-8-3;1-3(2)4(5)6/h8H,1,4-5H2,2-3H3;1H2,2H3,(H,5,6). The Balaban J connectivity index is 0. The zero-order chi connectivity index (χ0) is 13.1. The third kappa shape index (κ3) is 12.4. The summed E-state index contributed by atoms with van der Waals surface area (Å²) in [5.74, 6) is -1.26. The molecule has 0 bridgehead atoms. The maximum absolute atomic E-state index is 10.7. The lowest BCUT2D eigenvalue weighted by atomic mass is 10.4. The van der Waals surface area contributed by atoms with E-state index >= 15 is 0 Å². The van der Waals surface area contributed by atoms with E-state index in [1.165, 1.54) is 6.92 Å². The Morgan fingerprint density at radius 3 is 1.94 bits per heavy atom. The first kappa shape index (κ1) is 16.8. The third-order valence-corrected chi connectivity index (χ3v) is 1.30. The molecule has 5 heteroatoms. The fourth-order valence-corrected chi connectivity index (χ4v) is 0.369. The molecule has 0 aliphatic carbocycles. The Morgan fingerprint density at radius 2 is 1.69 bits per heavy atom. The first-order valence-corrected chi connectivity index (χ1v) is 4.69. The quantitative estimate of drug-likeness (QED) is 0.417. The molecule has 0 saturated carbocycles. The van der Waals surface area contributed by atoms with E-state index < -0.39 is 5.97 Å². The summed E-state index contributed by atoms with van der Waals surface area (Å²) in [6, 6.07) is 0. The van der Waals surface area contributed by atoms with Gasteiger partial charge in [0.2, 0.25) is 0 Å². The number of carbonyl (C=O) groups excluding carboxylic acids is 1. The minimum atomic E-state index is -0.935. The van der Waals surface area contributed by atoms with Gasteiger partial charge in [-0.2, -0.15) is 0 Å². The number of hydrogen-bond acceptors (Lipinski definition) is 4. The molecule has 0 rings (SSSR count). The van der Waals surface area contributed by atoms with Gasteiger partial charge in [-0.15, -0.1) is 0 Å². The summed E-state index contributed by atoms with van der Waals surface area (Å²) in [4.78, 5) is 20.3. The predicted octanol–water partition coefficient (Wildman–Crippen LogP) is 0.972. The van der Waals surface area contributed by atoms with Crippen molar-refractivity contribution in [3.05, 3.63) is 24.3 Å². The molecule has 16 heavy (non-hydrogen) atoms. The lowest BCUT2D eigenvalue weighted by Crippen LogP contribution is -2.17. The molecule has 0 aliphatic heterocycles. The molecule has 92 valence electrons. The summed E-state index contributed by atoms with van der Waals surface area (Å²) in [5.41, 5.74) is 0.617. The lowest BCUT2D eigenvalue weighted by molar-refractivity contribution is -0.138. The van der Waals surface area contributed by atoms with E-state index in [0.717, 1.165) is 0 Å². The number of carbonyl (C=O) groups is 2. The SMILES string of the molecule is C=C(C)C(=O)O.C=C(C)C(=O)OCCNC. The average Bonchev–Trinajstić information content (AvgIpc) is 2.18. The van der Waals surface area contributed by atoms with Crippen molar-refractivity contribution in [2.75, 3.05) is 20.2 Å². The van der Waals surface area contributed by atoms with Crippen LogP contribution in [0.5, 0.6) is 0 Å². The number of carboxylic acid groups (broad SMARTS) is 1. The highest BCUT2D eigenvalue weighted by Gasteiger charge is 2.00. The number of esters is 1. The van der Waals surface area contributed by atoms with Crippen LogP contribution < -0.4 is 5.32 Å². The van der Waals surface area contributed by atoms with Gasteiger partial charge in [0.1, 0.15) is 6.61 Å². The van der Waals surface area contributed by atoms with Crippen molar-refractivity contribution in [2.24, 2.45) is 0 Å². The summed E-state index contributed by atoms with van der Waals surface area (Å²) in [7, 11) is 1.80. The van der Waals surface area contributed by atoms with Crippen LogP contribution in [-0.2, 0) is 14.3 Å². The van der Waals surface area contributed by atoms with Crippen molar-refractivity contribution >= 4 is 11.9 Å². The Labute approximate surface area is 95.8 Å². The summed E-state index contributed by atoms with van der Waals surface area (Å²) in [6.45, 7) is 10.8. The maximum atomic E-state index is 10.7. The topological polar surface area (TPSA) is 75.6 Å². The molecule has 0 saturated heterocycles. The zero-order valence-electron chi connectivity index (χ0n) is 10.0. The molecule has 0 amide bonds. The summed E-state index contributed by atoms with van der Waals surface area (Å²) < 4.78 is 4.74. The molecule has 0 aromatic carbocycles. The van der Waals surface area contributed by atoms with E-state index in [9.17, 15) is 9.59 Å². The van der Waals surface area contributed by atoms with Crippen molar-refractivity contribution in [2.45, 2.75) is 13.8 Å². The second-order valence-electron chi connectivity index (χ2n) is 3.11. The lowest BCUT2D eigenvalue weighted by Gasteiger charge is -2.01. The Bertz CT molecular complexity index is 259. The zero-order valence-corrected chi connectivity index (χ0v) is 10.0. The van der Waals surface area contributed by atoms with Gasteiger partial charge >= 0.3 is 11.9 Å². The second kappa shape index (κ2) is 9.92. The molecule has 0 unspecified atom stereocenters. The highest BCUT2D eigenvalue weighted by molar-refractivity contribution is 5.86. The Kier molecular flexibility index (Phi) is 10.4. The average molecular weight is 229 g/mol.